The van der Waals surface area contributed by atoms with Crippen LogP contribution < -0.4 is 16.0 Å². The van der Waals surface area contributed by atoms with Crippen LogP contribution in [0.25, 0.3) is 10.9 Å². The van der Waals surface area contributed by atoms with Crippen molar-refractivity contribution in [2.24, 2.45) is 0 Å². The molecular weight excluding hydrogens is 242 g/mol. The van der Waals surface area contributed by atoms with Crippen molar-refractivity contribution in [2.75, 3.05) is 23.7 Å². The molecule has 6 heteroatoms. The lowest BCUT2D eigenvalue weighted by Gasteiger charge is -2.20. The number of anilines is 2. The van der Waals surface area contributed by atoms with E-state index in [9.17, 15) is 4.79 Å². The second-order valence-corrected chi connectivity index (χ2v) is 5.00. The van der Waals surface area contributed by atoms with Gasteiger partial charge >= 0.3 is 0 Å². The van der Waals surface area contributed by atoms with Gasteiger partial charge in [0.2, 0.25) is 5.91 Å². The van der Waals surface area contributed by atoms with E-state index in [1.807, 2.05) is 12.1 Å². The number of nitrogens with two attached hydrogens (primary N) is 1. The molecular formula is C13H17N5O. The number of nitrogens with one attached hydrogen (secondary N) is 2. The van der Waals surface area contributed by atoms with E-state index in [1.54, 1.807) is 13.1 Å². The Hall–Kier alpha value is -2.24. The zero-order valence-electron chi connectivity index (χ0n) is 10.8. The van der Waals surface area contributed by atoms with Gasteiger partial charge in [0.1, 0.15) is 0 Å². The largest absolute Gasteiger partial charge is 0.397 e. The van der Waals surface area contributed by atoms with E-state index in [0.717, 1.165) is 41.8 Å². The predicted molar refractivity (Wildman–Crippen MR) is 74.9 cm³/mol. The van der Waals surface area contributed by atoms with Gasteiger partial charge in [-0.2, -0.15) is 5.10 Å². The number of rotatable bonds is 2. The number of H-pyrrole nitrogens is 1. The summed E-state index contributed by atoms with van der Waals surface area (Å²) in [7, 11) is 0. The van der Waals surface area contributed by atoms with Crippen LogP contribution in [0.2, 0.25) is 0 Å². The molecule has 1 aliphatic rings. The normalized spacial score (nSPS) is 19.0. The number of hydrogen-bond donors (Lipinski definition) is 3. The van der Waals surface area contributed by atoms with Gasteiger partial charge in [0.25, 0.3) is 0 Å². The molecule has 100 valence electrons. The molecule has 19 heavy (non-hydrogen) atoms. The first kappa shape index (κ1) is 11.8. The third kappa shape index (κ3) is 2.21. The maximum Gasteiger partial charge on any atom is 0.217 e. The maximum atomic E-state index is 11.1. The van der Waals surface area contributed by atoms with Crippen LogP contribution in [0.4, 0.5) is 11.4 Å². The van der Waals surface area contributed by atoms with E-state index < -0.39 is 0 Å². The molecule has 0 saturated carbocycles. The van der Waals surface area contributed by atoms with Gasteiger partial charge in [-0.15, -0.1) is 0 Å². The van der Waals surface area contributed by atoms with Gasteiger partial charge < -0.3 is 16.0 Å². The summed E-state index contributed by atoms with van der Waals surface area (Å²) in [4.78, 5) is 13.3. The summed E-state index contributed by atoms with van der Waals surface area (Å²) in [6, 6.07) is 4.16. The Labute approximate surface area is 111 Å². The van der Waals surface area contributed by atoms with Crippen molar-refractivity contribution >= 4 is 28.2 Å². The van der Waals surface area contributed by atoms with Crippen molar-refractivity contribution in [1.29, 1.82) is 0 Å². The molecule has 1 aromatic carbocycles. The first-order chi connectivity index (χ1) is 9.13. The fraction of sp³-hybridized carbons (Fsp3) is 0.385. The molecule has 2 aromatic rings. The number of amides is 1. The summed E-state index contributed by atoms with van der Waals surface area (Å²) >= 11 is 0. The molecule has 0 aliphatic carbocycles. The Bertz CT molecular complexity index is 621. The van der Waals surface area contributed by atoms with Gasteiger partial charge in [0.15, 0.2) is 0 Å². The highest BCUT2D eigenvalue weighted by Crippen LogP contribution is 2.30. The molecule has 1 saturated heterocycles. The molecule has 0 bridgehead atoms. The summed E-state index contributed by atoms with van der Waals surface area (Å²) in [5.74, 6) is 0.0174. The SMILES string of the molecule is CC(=O)NC1CCN(c2cc3[nH]ncc3cc2N)C1. The molecule has 1 atom stereocenters. The fourth-order valence-corrected chi connectivity index (χ4v) is 2.66. The lowest BCUT2D eigenvalue weighted by atomic mass is 10.2. The molecule has 0 spiro atoms. The van der Waals surface area contributed by atoms with Crippen LogP contribution in [0.15, 0.2) is 18.3 Å². The van der Waals surface area contributed by atoms with Crippen molar-refractivity contribution < 1.29 is 4.79 Å². The number of aromatic nitrogens is 2. The number of nitrogen functional groups attached to an aromatic ring is 1. The quantitative estimate of drug-likeness (QED) is 0.698. The van der Waals surface area contributed by atoms with Crippen molar-refractivity contribution in [3.63, 3.8) is 0 Å². The molecule has 1 amide bonds. The standard InChI is InChI=1S/C13H17N5O/c1-8(19)16-10-2-3-18(7-10)13-5-12-9(4-11(13)14)6-15-17-12/h4-6,10H,2-3,7,14H2,1H3,(H,15,17)(H,16,19). The van der Waals surface area contributed by atoms with Gasteiger partial charge in [-0.25, -0.2) is 0 Å². The smallest absolute Gasteiger partial charge is 0.217 e. The molecule has 6 nitrogen and oxygen atoms in total. The van der Waals surface area contributed by atoms with Crippen molar-refractivity contribution in [3.05, 3.63) is 18.3 Å². The zero-order valence-corrected chi connectivity index (χ0v) is 10.8. The maximum absolute atomic E-state index is 11.1. The number of carbonyl (C=O) groups excluding carboxylic acids is 1. The van der Waals surface area contributed by atoms with Gasteiger partial charge in [0.05, 0.1) is 23.1 Å². The first-order valence-electron chi connectivity index (χ1n) is 6.38. The second kappa shape index (κ2) is 4.46. The number of aromatic amines is 1. The minimum atomic E-state index is 0.0174. The lowest BCUT2D eigenvalue weighted by molar-refractivity contribution is -0.119. The van der Waals surface area contributed by atoms with E-state index in [0.29, 0.717) is 0 Å². The first-order valence-corrected chi connectivity index (χ1v) is 6.38. The van der Waals surface area contributed by atoms with E-state index in [4.69, 9.17) is 5.73 Å². The Kier molecular flexibility index (Phi) is 2.77. The Morgan fingerprint density at radius 3 is 3.21 bits per heavy atom. The molecule has 1 aliphatic heterocycles. The average Bonchev–Trinajstić information content (AvgIpc) is 2.95. The van der Waals surface area contributed by atoms with Gasteiger partial charge in [0, 0.05) is 31.4 Å². The van der Waals surface area contributed by atoms with Crippen molar-refractivity contribution in [1.82, 2.24) is 15.5 Å². The Balaban J connectivity index is 1.84. The molecule has 2 heterocycles. The van der Waals surface area contributed by atoms with E-state index in [1.165, 1.54) is 0 Å². The number of benzene rings is 1. The highest BCUT2D eigenvalue weighted by Gasteiger charge is 2.24. The zero-order chi connectivity index (χ0) is 13.4. The van der Waals surface area contributed by atoms with Crippen LogP contribution in [0.3, 0.4) is 0 Å². The Morgan fingerprint density at radius 2 is 2.42 bits per heavy atom. The molecule has 1 fully saturated rings. The van der Waals surface area contributed by atoms with Crippen LogP contribution >= 0.6 is 0 Å². The number of carbonyl (C=O) groups is 1. The van der Waals surface area contributed by atoms with Crippen molar-refractivity contribution in [3.8, 4) is 0 Å². The molecule has 3 rings (SSSR count). The molecule has 1 unspecified atom stereocenters. The van der Waals surface area contributed by atoms with Crippen LogP contribution in [-0.2, 0) is 4.79 Å². The van der Waals surface area contributed by atoms with Crippen LogP contribution in [0.5, 0.6) is 0 Å². The minimum Gasteiger partial charge on any atom is -0.397 e. The van der Waals surface area contributed by atoms with Crippen LogP contribution in [0, 0.1) is 0 Å². The topological polar surface area (TPSA) is 87.0 Å². The van der Waals surface area contributed by atoms with E-state index in [-0.39, 0.29) is 11.9 Å². The highest BCUT2D eigenvalue weighted by molar-refractivity contribution is 5.89. The summed E-state index contributed by atoms with van der Waals surface area (Å²) in [5.41, 5.74) is 8.83. The molecule has 4 N–H and O–H groups in total. The third-order valence-electron chi connectivity index (χ3n) is 3.52. The third-order valence-corrected chi connectivity index (χ3v) is 3.52. The summed E-state index contributed by atoms with van der Waals surface area (Å²) in [6.07, 6.45) is 2.71. The average molecular weight is 259 g/mol. The van der Waals surface area contributed by atoms with Crippen molar-refractivity contribution in [2.45, 2.75) is 19.4 Å². The summed E-state index contributed by atoms with van der Waals surface area (Å²) in [6.45, 7) is 3.24. The number of fused-ring (bicyclic) bond motifs is 1. The van der Waals surface area contributed by atoms with Gasteiger partial charge in [-0.1, -0.05) is 0 Å². The fourth-order valence-electron chi connectivity index (χ4n) is 2.66. The Morgan fingerprint density at radius 1 is 1.58 bits per heavy atom. The second-order valence-electron chi connectivity index (χ2n) is 5.00. The summed E-state index contributed by atoms with van der Waals surface area (Å²) in [5, 5.41) is 10.9. The lowest BCUT2D eigenvalue weighted by Crippen LogP contribution is -2.35. The van der Waals surface area contributed by atoms with Crippen LogP contribution in [-0.4, -0.2) is 35.2 Å². The highest BCUT2D eigenvalue weighted by atomic mass is 16.1. The van der Waals surface area contributed by atoms with Gasteiger partial charge in [-0.05, 0) is 18.6 Å². The van der Waals surface area contributed by atoms with Crippen LogP contribution in [0.1, 0.15) is 13.3 Å². The minimum absolute atomic E-state index is 0.0174. The van der Waals surface area contributed by atoms with E-state index in [2.05, 4.69) is 20.4 Å². The monoisotopic (exact) mass is 259 g/mol. The molecule has 1 aromatic heterocycles. The number of hydrogen-bond acceptors (Lipinski definition) is 4. The van der Waals surface area contributed by atoms with E-state index >= 15 is 0 Å². The number of nitrogens with zero attached hydrogens (tertiary/aromatic N) is 2. The molecule has 0 radical (unpaired) electrons. The predicted octanol–water partition coefficient (Wildman–Crippen LogP) is 0.860. The van der Waals surface area contributed by atoms with Gasteiger partial charge in [-0.3, -0.25) is 9.89 Å². The summed E-state index contributed by atoms with van der Waals surface area (Å²) < 4.78 is 0.